The minimum atomic E-state index is -1.00. The summed E-state index contributed by atoms with van der Waals surface area (Å²) in [5.74, 6) is -0.859. The summed E-state index contributed by atoms with van der Waals surface area (Å²) in [6.07, 6.45) is -0.0533. The fourth-order valence-corrected chi connectivity index (χ4v) is 3.01. The molecule has 0 spiro atoms. The van der Waals surface area contributed by atoms with E-state index in [4.69, 9.17) is 27.9 Å². The monoisotopic (exact) mass is 393 g/mol. The first-order valence-corrected chi connectivity index (χ1v) is 9.15. The lowest BCUT2D eigenvalue weighted by molar-refractivity contribution is -0.123. The quantitative estimate of drug-likeness (QED) is 0.641. The number of benzene rings is 2. The van der Waals surface area contributed by atoms with Gasteiger partial charge in [-0.2, -0.15) is 0 Å². The zero-order chi connectivity index (χ0) is 19.3. The van der Waals surface area contributed by atoms with Crippen LogP contribution in [0.3, 0.4) is 0 Å². The molecule has 0 aliphatic rings. The lowest BCUT2D eigenvalue weighted by Gasteiger charge is -2.18. The minimum absolute atomic E-state index is 0.0514. The zero-order valence-electron chi connectivity index (χ0n) is 14.9. The molecule has 0 saturated heterocycles. The Bertz CT molecular complexity index is 787. The lowest BCUT2D eigenvalue weighted by atomic mass is 9.97. The Morgan fingerprint density at radius 1 is 1.04 bits per heavy atom. The van der Waals surface area contributed by atoms with E-state index in [0.717, 1.165) is 12.0 Å². The van der Waals surface area contributed by atoms with Gasteiger partial charge in [0, 0.05) is 5.69 Å². The average Bonchev–Trinajstić information content (AvgIpc) is 2.61. The highest BCUT2D eigenvalue weighted by Gasteiger charge is 2.23. The van der Waals surface area contributed by atoms with E-state index >= 15 is 0 Å². The number of nitrogens with one attached hydrogen (secondary N) is 1. The van der Waals surface area contributed by atoms with Gasteiger partial charge in [0.05, 0.1) is 15.6 Å². The summed E-state index contributed by atoms with van der Waals surface area (Å²) in [4.78, 5) is 24.8. The van der Waals surface area contributed by atoms with Crippen molar-refractivity contribution in [3.63, 3.8) is 0 Å². The maximum absolute atomic E-state index is 12.5. The van der Waals surface area contributed by atoms with E-state index < -0.39 is 18.0 Å². The summed E-state index contributed by atoms with van der Waals surface area (Å²) < 4.78 is 5.24. The number of esters is 1. The largest absolute Gasteiger partial charge is 0.449 e. The molecule has 2 aromatic rings. The van der Waals surface area contributed by atoms with Crippen LogP contribution in [0.25, 0.3) is 0 Å². The van der Waals surface area contributed by atoms with Crippen LogP contribution in [-0.4, -0.2) is 18.0 Å². The first-order valence-electron chi connectivity index (χ1n) is 8.39. The van der Waals surface area contributed by atoms with Gasteiger partial charge in [0.2, 0.25) is 0 Å². The van der Waals surface area contributed by atoms with Crippen LogP contribution in [0.2, 0.25) is 10.0 Å². The highest BCUT2D eigenvalue weighted by molar-refractivity contribution is 6.39. The van der Waals surface area contributed by atoms with Gasteiger partial charge < -0.3 is 10.1 Å². The van der Waals surface area contributed by atoms with Crippen LogP contribution in [0.15, 0.2) is 42.5 Å². The Balaban J connectivity index is 2.10. The van der Waals surface area contributed by atoms with Crippen molar-refractivity contribution < 1.29 is 14.3 Å². The molecule has 26 heavy (non-hydrogen) atoms. The molecule has 0 aromatic heterocycles. The van der Waals surface area contributed by atoms with Gasteiger partial charge in [-0.1, -0.05) is 61.3 Å². The predicted octanol–water partition coefficient (Wildman–Crippen LogP) is 5.69. The molecule has 0 saturated carbocycles. The highest BCUT2D eigenvalue weighted by atomic mass is 35.5. The van der Waals surface area contributed by atoms with Crippen molar-refractivity contribution in [1.82, 2.24) is 0 Å². The molecular formula is C20H21Cl2NO3. The fraction of sp³-hybridized carbons (Fsp3) is 0.300. The molecule has 4 nitrogen and oxygen atoms in total. The molecule has 0 unspecified atom stereocenters. The van der Waals surface area contributed by atoms with E-state index in [-0.39, 0.29) is 15.6 Å². The van der Waals surface area contributed by atoms with Gasteiger partial charge in [-0.15, -0.1) is 0 Å². The lowest BCUT2D eigenvalue weighted by Crippen LogP contribution is -2.30. The number of carbonyl (C=O) groups excluding carboxylic acids is 2. The Kier molecular flexibility index (Phi) is 7.06. The SMILES string of the molecule is CC[C@@H](C)c1ccccc1NC(=O)[C@H](C)OC(=O)c1c(Cl)cccc1Cl. The van der Waals surface area contributed by atoms with Crippen LogP contribution in [0, 0.1) is 0 Å². The molecule has 138 valence electrons. The van der Waals surface area contributed by atoms with Gasteiger partial charge >= 0.3 is 5.97 Å². The Labute approximate surface area is 163 Å². The third-order valence-corrected chi connectivity index (χ3v) is 4.81. The summed E-state index contributed by atoms with van der Waals surface area (Å²) in [6.45, 7) is 5.68. The van der Waals surface area contributed by atoms with Crippen LogP contribution in [-0.2, 0) is 9.53 Å². The number of hydrogen-bond acceptors (Lipinski definition) is 3. The van der Waals surface area contributed by atoms with E-state index in [2.05, 4.69) is 19.2 Å². The summed E-state index contributed by atoms with van der Waals surface area (Å²) in [6, 6.07) is 12.3. The number of ether oxygens (including phenoxy) is 1. The number of amides is 1. The molecule has 0 bridgehead atoms. The summed E-state index contributed by atoms with van der Waals surface area (Å²) in [5, 5.41) is 3.19. The Morgan fingerprint density at radius 3 is 2.27 bits per heavy atom. The van der Waals surface area contributed by atoms with E-state index in [1.165, 1.54) is 19.1 Å². The van der Waals surface area contributed by atoms with Gasteiger partial charge in [0.25, 0.3) is 5.91 Å². The van der Waals surface area contributed by atoms with E-state index in [9.17, 15) is 9.59 Å². The highest BCUT2D eigenvalue weighted by Crippen LogP contribution is 2.27. The van der Waals surface area contributed by atoms with E-state index in [1.807, 2.05) is 24.3 Å². The topological polar surface area (TPSA) is 55.4 Å². The molecule has 1 N–H and O–H groups in total. The second-order valence-electron chi connectivity index (χ2n) is 6.03. The van der Waals surface area contributed by atoms with Gasteiger partial charge in [-0.05, 0) is 43.0 Å². The fourth-order valence-electron chi connectivity index (χ4n) is 2.46. The van der Waals surface area contributed by atoms with Crippen molar-refractivity contribution in [2.75, 3.05) is 5.32 Å². The average molecular weight is 394 g/mol. The standard InChI is InChI=1S/C20H21Cl2NO3/c1-4-12(2)14-8-5-6-11-17(14)23-19(24)13(3)26-20(25)18-15(21)9-7-10-16(18)22/h5-13H,4H2,1-3H3,(H,23,24)/t12-,13+/m1/s1. The molecule has 0 aliphatic heterocycles. The van der Waals surface area contributed by atoms with Crippen LogP contribution >= 0.6 is 23.2 Å². The summed E-state index contributed by atoms with van der Waals surface area (Å²) in [7, 11) is 0. The Morgan fingerprint density at radius 2 is 1.65 bits per heavy atom. The van der Waals surface area contributed by atoms with Gasteiger partial charge in [0.15, 0.2) is 6.10 Å². The summed E-state index contributed by atoms with van der Waals surface area (Å²) in [5.41, 5.74) is 1.80. The minimum Gasteiger partial charge on any atom is -0.449 e. The number of halogens is 2. The smallest absolute Gasteiger partial charge is 0.341 e. The molecule has 2 aromatic carbocycles. The maximum Gasteiger partial charge on any atom is 0.341 e. The third-order valence-electron chi connectivity index (χ3n) is 4.18. The molecule has 1 amide bonds. The molecular weight excluding hydrogens is 373 g/mol. The molecule has 2 atom stereocenters. The number of carbonyl (C=O) groups is 2. The first-order chi connectivity index (χ1) is 12.3. The summed E-state index contributed by atoms with van der Waals surface area (Å²) >= 11 is 12.0. The van der Waals surface area contributed by atoms with Gasteiger partial charge in [-0.25, -0.2) is 4.79 Å². The van der Waals surface area contributed by atoms with Crippen molar-refractivity contribution in [1.29, 1.82) is 0 Å². The van der Waals surface area contributed by atoms with E-state index in [1.54, 1.807) is 6.07 Å². The van der Waals surface area contributed by atoms with Crippen molar-refractivity contribution in [2.24, 2.45) is 0 Å². The second kappa shape index (κ2) is 9.06. The van der Waals surface area contributed by atoms with Crippen molar-refractivity contribution in [3.05, 3.63) is 63.6 Å². The van der Waals surface area contributed by atoms with Crippen molar-refractivity contribution in [3.8, 4) is 0 Å². The number of rotatable bonds is 6. The van der Waals surface area contributed by atoms with Crippen LogP contribution in [0.1, 0.15) is 49.0 Å². The molecule has 0 aliphatic carbocycles. The molecule has 6 heteroatoms. The normalized spacial score (nSPS) is 13.0. The molecule has 2 rings (SSSR count). The van der Waals surface area contributed by atoms with Crippen molar-refractivity contribution in [2.45, 2.75) is 39.2 Å². The number of anilines is 1. The Hall–Kier alpha value is -2.04. The van der Waals surface area contributed by atoms with Gasteiger partial charge in [-0.3, -0.25) is 4.79 Å². The number of hydrogen-bond donors (Lipinski definition) is 1. The number of para-hydroxylation sites is 1. The van der Waals surface area contributed by atoms with Crippen LogP contribution in [0.5, 0.6) is 0 Å². The predicted molar refractivity (Wildman–Crippen MR) is 105 cm³/mol. The van der Waals surface area contributed by atoms with E-state index in [0.29, 0.717) is 11.6 Å². The molecule has 0 fully saturated rings. The first kappa shape index (κ1) is 20.3. The van der Waals surface area contributed by atoms with Crippen LogP contribution in [0.4, 0.5) is 5.69 Å². The zero-order valence-corrected chi connectivity index (χ0v) is 16.4. The molecule has 0 radical (unpaired) electrons. The van der Waals surface area contributed by atoms with Crippen molar-refractivity contribution >= 4 is 40.8 Å². The van der Waals surface area contributed by atoms with Gasteiger partial charge in [0.1, 0.15) is 0 Å². The van der Waals surface area contributed by atoms with Crippen LogP contribution < -0.4 is 5.32 Å². The molecule has 0 heterocycles. The maximum atomic E-state index is 12.5. The third kappa shape index (κ3) is 4.77. The second-order valence-corrected chi connectivity index (χ2v) is 6.84.